The van der Waals surface area contributed by atoms with Crippen LogP contribution in [0.4, 0.5) is 0 Å². The summed E-state index contributed by atoms with van der Waals surface area (Å²) in [5, 5.41) is 12.8. The highest BCUT2D eigenvalue weighted by molar-refractivity contribution is 7.20. The summed E-state index contributed by atoms with van der Waals surface area (Å²) in [5.74, 6) is -1.42. The fraction of sp³-hybridized carbons (Fsp3) is 0.412. The predicted molar refractivity (Wildman–Crippen MR) is 91.0 cm³/mol. The average molecular weight is 335 g/mol. The lowest BCUT2D eigenvalue weighted by Crippen LogP contribution is -2.41. The molecule has 0 bridgehead atoms. The number of aliphatic carboxylic acids is 1. The van der Waals surface area contributed by atoms with E-state index in [2.05, 4.69) is 5.32 Å². The van der Waals surface area contributed by atoms with Crippen LogP contribution in [0.2, 0.25) is 0 Å². The molecule has 1 amide bonds. The van der Waals surface area contributed by atoms with Gasteiger partial charge >= 0.3 is 5.97 Å². The van der Waals surface area contributed by atoms with E-state index < -0.39 is 12.0 Å². The van der Waals surface area contributed by atoms with Gasteiger partial charge in [0.2, 0.25) is 0 Å². The summed E-state index contributed by atoms with van der Waals surface area (Å²) in [6.45, 7) is 5.98. The molecule has 1 atom stereocenters. The van der Waals surface area contributed by atoms with Gasteiger partial charge in [0, 0.05) is 17.7 Å². The molecule has 1 heterocycles. The molecular weight excluding hydrogens is 314 g/mol. The van der Waals surface area contributed by atoms with Crippen LogP contribution in [0.1, 0.15) is 36.9 Å². The van der Waals surface area contributed by atoms with Crippen LogP contribution in [0.5, 0.6) is 0 Å². The monoisotopic (exact) mass is 335 g/mol. The van der Waals surface area contributed by atoms with Crippen LogP contribution >= 0.6 is 11.3 Å². The molecule has 2 aromatic rings. The zero-order valence-corrected chi connectivity index (χ0v) is 14.3. The second-order valence-corrected chi connectivity index (χ2v) is 7.35. The smallest absolute Gasteiger partial charge is 0.326 e. The number of carboxylic acid groups (broad SMARTS) is 1. The van der Waals surface area contributed by atoms with Gasteiger partial charge in [0.15, 0.2) is 0 Å². The predicted octanol–water partition coefficient (Wildman–Crippen LogP) is 3.29. The minimum Gasteiger partial charge on any atom is -0.480 e. The van der Waals surface area contributed by atoms with Crippen molar-refractivity contribution in [2.45, 2.75) is 38.8 Å². The summed E-state index contributed by atoms with van der Waals surface area (Å²) in [6.07, 6.45) is 0.225. The molecule has 5 nitrogen and oxygen atoms in total. The molecule has 0 saturated heterocycles. The van der Waals surface area contributed by atoms with Gasteiger partial charge in [-0.15, -0.1) is 11.3 Å². The van der Waals surface area contributed by atoms with E-state index in [1.807, 2.05) is 45.0 Å². The molecule has 1 aromatic heterocycles. The van der Waals surface area contributed by atoms with Gasteiger partial charge in [-0.1, -0.05) is 18.2 Å². The largest absolute Gasteiger partial charge is 0.480 e. The number of carbonyl (C=O) groups excluding carboxylic acids is 1. The van der Waals surface area contributed by atoms with Gasteiger partial charge in [-0.3, -0.25) is 4.79 Å². The first-order valence-electron chi connectivity index (χ1n) is 7.42. The zero-order chi connectivity index (χ0) is 17.0. The molecule has 124 valence electrons. The number of ether oxygens (including phenoxy) is 1. The van der Waals surface area contributed by atoms with Gasteiger partial charge in [0.05, 0.1) is 10.5 Å². The van der Waals surface area contributed by atoms with Gasteiger partial charge in [0.25, 0.3) is 5.91 Å². The third-order valence-electron chi connectivity index (χ3n) is 3.19. The van der Waals surface area contributed by atoms with Crippen LogP contribution in [-0.4, -0.2) is 35.2 Å². The van der Waals surface area contributed by atoms with Crippen molar-refractivity contribution in [3.05, 3.63) is 35.2 Å². The summed E-state index contributed by atoms with van der Waals surface area (Å²) >= 11 is 1.35. The topological polar surface area (TPSA) is 75.6 Å². The van der Waals surface area contributed by atoms with Crippen molar-refractivity contribution in [1.82, 2.24) is 5.32 Å². The van der Waals surface area contributed by atoms with E-state index in [0.29, 0.717) is 4.88 Å². The molecular formula is C17H21NO4S. The maximum atomic E-state index is 12.3. The SMILES string of the molecule is CC(C)(C)OCCC(NC(=O)c1cc2ccccc2s1)C(=O)O. The van der Waals surface area contributed by atoms with Crippen LogP contribution in [0, 0.1) is 0 Å². The molecule has 0 aliphatic heterocycles. The number of hydrogen-bond acceptors (Lipinski definition) is 4. The van der Waals surface area contributed by atoms with Crippen molar-refractivity contribution in [3.8, 4) is 0 Å². The summed E-state index contributed by atoms with van der Waals surface area (Å²) in [4.78, 5) is 24.1. The van der Waals surface area contributed by atoms with Crippen molar-refractivity contribution >= 4 is 33.3 Å². The number of benzene rings is 1. The van der Waals surface area contributed by atoms with Crippen molar-refractivity contribution in [2.24, 2.45) is 0 Å². The molecule has 0 spiro atoms. The van der Waals surface area contributed by atoms with Gasteiger partial charge in [0.1, 0.15) is 6.04 Å². The highest BCUT2D eigenvalue weighted by atomic mass is 32.1. The van der Waals surface area contributed by atoms with Crippen LogP contribution in [0.3, 0.4) is 0 Å². The Morgan fingerprint density at radius 1 is 1.30 bits per heavy atom. The fourth-order valence-corrected chi connectivity index (χ4v) is 3.03. The molecule has 0 aliphatic carbocycles. The Balaban J connectivity index is 2.01. The molecule has 0 saturated carbocycles. The Bertz CT molecular complexity index is 669. The second kappa shape index (κ2) is 7.10. The Kier molecular flexibility index (Phi) is 5.38. The number of carboxylic acids is 1. The van der Waals surface area contributed by atoms with E-state index in [0.717, 1.165) is 10.1 Å². The number of nitrogens with one attached hydrogen (secondary N) is 1. The lowest BCUT2D eigenvalue weighted by molar-refractivity contribution is -0.140. The van der Waals surface area contributed by atoms with E-state index >= 15 is 0 Å². The minimum absolute atomic E-state index is 0.225. The standard InChI is InChI=1S/C17H21NO4S/c1-17(2,3)22-9-8-12(16(20)21)18-15(19)14-10-11-6-4-5-7-13(11)23-14/h4-7,10,12H,8-9H2,1-3H3,(H,18,19)(H,20,21). The molecule has 1 unspecified atom stereocenters. The third kappa shape index (κ3) is 5.04. The van der Waals surface area contributed by atoms with E-state index in [9.17, 15) is 14.7 Å². The molecule has 2 rings (SSSR count). The molecule has 0 radical (unpaired) electrons. The number of amides is 1. The number of hydrogen-bond donors (Lipinski definition) is 2. The summed E-state index contributed by atoms with van der Waals surface area (Å²) < 4.78 is 6.53. The fourth-order valence-electron chi connectivity index (χ4n) is 2.06. The van der Waals surface area contributed by atoms with Crippen molar-refractivity contribution < 1.29 is 19.4 Å². The number of thiophene rings is 1. The molecule has 6 heteroatoms. The summed E-state index contributed by atoms with van der Waals surface area (Å²) in [7, 11) is 0. The van der Waals surface area contributed by atoms with Gasteiger partial charge in [-0.05, 0) is 38.3 Å². The van der Waals surface area contributed by atoms with Crippen molar-refractivity contribution in [3.63, 3.8) is 0 Å². The molecule has 23 heavy (non-hydrogen) atoms. The van der Waals surface area contributed by atoms with Gasteiger partial charge in [-0.2, -0.15) is 0 Å². The highest BCUT2D eigenvalue weighted by Crippen LogP contribution is 2.25. The quantitative estimate of drug-likeness (QED) is 0.849. The Hall–Kier alpha value is -1.92. The Morgan fingerprint density at radius 3 is 2.61 bits per heavy atom. The normalized spacial score (nSPS) is 13.0. The second-order valence-electron chi connectivity index (χ2n) is 6.26. The van der Waals surface area contributed by atoms with E-state index in [4.69, 9.17) is 4.74 Å². The average Bonchev–Trinajstić information content (AvgIpc) is 2.88. The van der Waals surface area contributed by atoms with Crippen LogP contribution in [0.25, 0.3) is 10.1 Å². The van der Waals surface area contributed by atoms with E-state index in [1.54, 1.807) is 6.07 Å². The number of rotatable bonds is 6. The first-order chi connectivity index (χ1) is 10.8. The summed E-state index contributed by atoms with van der Waals surface area (Å²) in [6, 6.07) is 8.48. The maximum absolute atomic E-state index is 12.3. The third-order valence-corrected chi connectivity index (χ3v) is 4.31. The number of fused-ring (bicyclic) bond motifs is 1. The van der Waals surface area contributed by atoms with E-state index in [1.165, 1.54) is 11.3 Å². The molecule has 0 fully saturated rings. The first-order valence-corrected chi connectivity index (χ1v) is 8.24. The first kappa shape index (κ1) is 17.4. The zero-order valence-electron chi connectivity index (χ0n) is 13.5. The van der Waals surface area contributed by atoms with Crippen LogP contribution in [-0.2, 0) is 9.53 Å². The Morgan fingerprint density at radius 2 is 2.00 bits per heavy atom. The molecule has 2 N–H and O–H groups in total. The molecule has 1 aromatic carbocycles. The van der Waals surface area contributed by atoms with Crippen molar-refractivity contribution in [2.75, 3.05) is 6.61 Å². The van der Waals surface area contributed by atoms with Crippen molar-refractivity contribution in [1.29, 1.82) is 0 Å². The summed E-state index contributed by atoms with van der Waals surface area (Å²) in [5.41, 5.74) is -0.335. The highest BCUT2D eigenvalue weighted by Gasteiger charge is 2.22. The lowest BCUT2D eigenvalue weighted by atomic mass is 10.1. The maximum Gasteiger partial charge on any atom is 0.326 e. The lowest BCUT2D eigenvalue weighted by Gasteiger charge is -2.21. The Labute approximate surface area is 139 Å². The minimum atomic E-state index is -1.06. The molecule has 0 aliphatic rings. The number of carbonyl (C=O) groups is 2. The van der Waals surface area contributed by atoms with E-state index in [-0.39, 0.29) is 24.5 Å². The van der Waals surface area contributed by atoms with Crippen LogP contribution < -0.4 is 5.32 Å². The van der Waals surface area contributed by atoms with Gasteiger partial charge < -0.3 is 15.2 Å². The van der Waals surface area contributed by atoms with Gasteiger partial charge in [-0.25, -0.2) is 4.79 Å². The van der Waals surface area contributed by atoms with Crippen LogP contribution in [0.15, 0.2) is 30.3 Å².